The van der Waals surface area contributed by atoms with Crippen molar-refractivity contribution in [1.29, 1.82) is 0 Å². The monoisotopic (exact) mass is 188 g/mol. The summed E-state index contributed by atoms with van der Waals surface area (Å²) in [6.07, 6.45) is -0.571. The molecule has 0 radical (unpaired) electrons. The molecule has 1 unspecified atom stereocenters. The van der Waals surface area contributed by atoms with Crippen molar-refractivity contribution in [3.8, 4) is 0 Å². The first-order chi connectivity index (χ1) is 5.59. The molecule has 0 bridgehead atoms. The summed E-state index contributed by atoms with van der Waals surface area (Å²) < 4.78 is 0. The van der Waals surface area contributed by atoms with E-state index in [9.17, 15) is 10.1 Å². The topological polar surface area (TPSA) is 65.3 Å². The average Bonchev–Trinajstić information content (AvgIpc) is 2.34. The van der Waals surface area contributed by atoms with Crippen molar-refractivity contribution in [2.75, 3.05) is 0 Å². The van der Waals surface area contributed by atoms with Crippen LogP contribution in [0.1, 0.15) is 23.7 Å². The van der Waals surface area contributed by atoms with E-state index >= 15 is 0 Å². The van der Waals surface area contributed by atoms with E-state index in [0.29, 0.717) is 5.01 Å². The Hall–Kier alpha value is -1.17. The van der Waals surface area contributed by atoms with E-state index in [-0.39, 0.29) is 0 Å². The van der Waals surface area contributed by atoms with Crippen LogP contribution in [0.5, 0.6) is 0 Å². The molecule has 1 heterocycles. The van der Waals surface area contributed by atoms with Crippen LogP contribution >= 0.6 is 11.3 Å². The third kappa shape index (κ3) is 2.16. The first-order valence-corrected chi connectivity index (χ1v) is 4.20. The molecule has 0 N–H and O–H groups in total. The fourth-order valence-corrected chi connectivity index (χ4v) is 1.51. The number of rotatable bonds is 3. The Labute approximate surface area is 73.1 Å². The summed E-state index contributed by atoms with van der Waals surface area (Å²) in [5.41, 5.74) is 0.855. The average molecular weight is 188 g/mol. The van der Waals surface area contributed by atoms with E-state index in [0.717, 1.165) is 5.69 Å². The third-order valence-electron chi connectivity index (χ3n) is 1.23. The van der Waals surface area contributed by atoms with Gasteiger partial charge in [0.25, 0.3) is 5.09 Å². The number of hydrogen-bond acceptors (Lipinski definition) is 5. The van der Waals surface area contributed by atoms with Gasteiger partial charge in [-0.15, -0.1) is 21.5 Å². The van der Waals surface area contributed by atoms with E-state index in [1.165, 1.54) is 11.3 Å². The van der Waals surface area contributed by atoms with Crippen molar-refractivity contribution in [3.05, 3.63) is 26.2 Å². The minimum Gasteiger partial charge on any atom is -0.304 e. The van der Waals surface area contributed by atoms with Gasteiger partial charge < -0.3 is 4.84 Å². The van der Waals surface area contributed by atoms with Crippen LogP contribution < -0.4 is 0 Å². The lowest BCUT2D eigenvalue weighted by molar-refractivity contribution is -0.770. The summed E-state index contributed by atoms with van der Waals surface area (Å²) in [6, 6.07) is 0. The van der Waals surface area contributed by atoms with E-state index in [1.807, 2.05) is 12.3 Å². The highest BCUT2D eigenvalue weighted by molar-refractivity contribution is 7.09. The Morgan fingerprint density at radius 2 is 2.50 bits per heavy atom. The van der Waals surface area contributed by atoms with E-state index in [2.05, 4.69) is 9.82 Å². The molecule has 0 aliphatic heterocycles. The highest BCUT2D eigenvalue weighted by Gasteiger charge is 2.12. The zero-order valence-corrected chi connectivity index (χ0v) is 7.50. The van der Waals surface area contributed by atoms with Crippen LogP contribution in [0.3, 0.4) is 0 Å². The molecule has 6 heteroatoms. The maximum Gasteiger partial charge on any atom is 0.295 e. The van der Waals surface area contributed by atoms with Gasteiger partial charge in [0.2, 0.25) is 0 Å². The van der Waals surface area contributed by atoms with Crippen LogP contribution in [0.2, 0.25) is 0 Å². The van der Waals surface area contributed by atoms with Crippen LogP contribution in [-0.4, -0.2) is 10.1 Å². The molecule has 0 amide bonds. The number of aryl methyl sites for hydroxylation is 1. The summed E-state index contributed by atoms with van der Waals surface area (Å²) in [7, 11) is 0. The number of nitrogens with zero attached hydrogens (tertiary/aromatic N) is 2. The fourth-order valence-electron chi connectivity index (χ4n) is 0.733. The second-order valence-electron chi connectivity index (χ2n) is 2.30. The SMILES string of the molecule is Cc1csc(C(C)O[N+](=O)[O-])n1. The summed E-state index contributed by atoms with van der Waals surface area (Å²) in [6.45, 7) is 3.43. The molecule has 1 aromatic rings. The highest BCUT2D eigenvalue weighted by Crippen LogP contribution is 2.20. The van der Waals surface area contributed by atoms with Gasteiger partial charge in [0.15, 0.2) is 6.10 Å². The molecular weight excluding hydrogens is 180 g/mol. The summed E-state index contributed by atoms with van der Waals surface area (Å²) in [4.78, 5) is 18.3. The fraction of sp³-hybridized carbons (Fsp3) is 0.500. The molecule has 0 aromatic carbocycles. The van der Waals surface area contributed by atoms with Gasteiger partial charge in [0.1, 0.15) is 5.01 Å². The van der Waals surface area contributed by atoms with Crippen molar-refractivity contribution in [2.24, 2.45) is 0 Å². The Morgan fingerprint density at radius 3 is 2.92 bits per heavy atom. The predicted molar refractivity (Wildman–Crippen MR) is 43.3 cm³/mol. The Morgan fingerprint density at radius 1 is 1.83 bits per heavy atom. The Bertz CT molecular complexity index is 286. The predicted octanol–water partition coefficient (Wildman–Crippen LogP) is 1.72. The van der Waals surface area contributed by atoms with Gasteiger partial charge in [-0.05, 0) is 13.8 Å². The molecule has 5 nitrogen and oxygen atoms in total. The van der Waals surface area contributed by atoms with Gasteiger partial charge >= 0.3 is 0 Å². The molecule has 1 aromatic heterocycles. The third-order valence-corrected chi connectivity index (χ3v) is 2.35. The molecule has 0 spiro atoms. The minimum absolute atomic E-state index is 0.571. The molecule has 0 saturated carbocycles. The van der Waals surface area contributed by atoms with Gasteiger partial charge in [-0.1, -0.05) is 0 Å². The van der Waals surface area contributed by atoms with Gasteiger partial charge in [-0.3, -0.25) is 0 Å². The van der Waals surface area contributed by atoms with Crippen molar-refractivity contribution < 1.29 is 9.92 Å². The van der Waals surface area contributed by atoms with Crippen LogP contribution in [-0.2, 0) is 4.84 Å². The van der Waals surface area contributed by atoms with Gasteiger partial charge in [0.05, 0.1) is 0 Å². The zero-order chi connectivity index (χ0) is 9.14. The van der Waals surface area contributed by atoms with Gasteiger partial charge in [0, 0.05) is 11.1 Å². The Balaban J connectivity index is 2.64. The van der Waals surface area contributed by atoms with Crippen LogP contribution in [0.15, 0.2) is 5.38 Å². The molecule has 0 aliphatic carbocycles. The van der Waals surface area contributed by atoms with E-state index in [4.69, 9.17) is 0 Å². The van der Waals surface area contributed by atoms with Crippen molar-refractivity contribution in [1.82, 2.24) is 4.98 Å². The van der Waals surface area contributed by atoms with Crippen molar-refractivity contribution in [3.63, 3.8) is 0 Å². The lowest BCUT2D eigenvalue weighted by Gasteiger charge is -2.03. The van der Waals surface area contributed by atoms with Crippen LogP contribution in [0, 0.1) is 17.0 Å². The van der Waals surface area contributed by atoms with Gasteiger partial charge in [-0.25, -0.2) is 4.98 Å². The van der Waals surface area contributed by atoms with E-state index in [1.54, 1.807) is 6.92 Å². The molecular formula is C6H8N2O3S. The lowest BCUT2D eigenvalue weighted by atomic mass is 10.4. The zero-order valence-electron chi connectivity index (χ0n) is 6.68. The summed E-state index contributed by atoms with van der Waals surface area (Å²) >= 11 is 1.36. The van der Waals surface area contributed by atoms with E-state index < -0.39 is 11.2 Å². The number of thiazole rings is 1. The van der Waals surface area contributed by atoms with Crippen molar-refractivity contribution >= 4 is 11.3 Å². The summed E-state index contributed by atoms with van der Waals surface area (Å²) in [5.74, 6) is 0. The smallest absolute Gasteiger partial charge is 0.295 e. The van der Waals surface area contributed by atoms with Crippen molar-refractivity contribution in [2.45, 2.75) is 20.0 Å². The summed E-state index contributed by atoms with van der Waals surface area (Å²) in [5, 5.41) is 11.6. The quantitative estimate of drug-likeness (QED) is 0.535. The second kappa shape index (κ2) is 3.48. The molecule has 1 rings (SSSR count). The largest absolute Gasteiger partial charge is 0.304 e. The molecule has 0 fully saturated rings. The van der Waals surface area contributed by atoms with Crippen LogP contribution in [0.25, 0.3) is 0 Å². The first kappa shape index (κ1) is 8.92. The maximum absolute atomic E-state index is 9.95. The highest BCUT2D eigenvalue weighted by atomic mass is 32.1. The number of aromatic nitrogens is 1. The molecule has 66 valence electrons. The maximum atomic E-state index is 9.95. The normalized spacial score (nSPS) is 12.5. The second-order valence-corrected chi connectivity index (χ2v) is 3.19. The van der Waals surface area contributed by atoms with Crippen LogP contribution in [0.4, 0.5) is 0 Å². The molecule has 0 aliphatic rings. The lowest BCUT2D eigenvalue weighted by Crippen LogP contribution is -2.05. The number of hydrogen-bond donors (Lipinski definition) is 0. The van der Waals surface area contributed by atoms with Gasteiger partial charge in [-0.2, -0.15) is 0 Å². The molecule has 0 saturated heterocycles. The first-order valence-electron chi connectivity index (χ1n) is 3.33. The molecule has 1 atom stereocenters. The standard InChI is InChI=1S/C6H8N2O3S/c1-4-3-12-6(7-4)5(2)11-8(9)10/h3,5H,1-2H3. The minimum atomic E-state index is -0.804. The Kier molecular flexibility index (Phi) is 2.59. The molecule has 12 heavy (non-hydrogen) atoms.